The molecule has 0 aliphatic heterocycles. The molecule has 1 heterocycles. The lowest BCUT2D eigenvalue weighted by Gasteiger charge is -2.39. The van der Waals surface area contributed by atoms with Crippen molar-refractivity contribution in [2.24, 2.45) is 5.92 Å². The highest BCUT2D eigenvalue weighted by Crippen LogP contribution is 2.46. The van der Waals surface area contributed by atoms with E-state index in [0.717, 1.165) is 18.5 Å². The van der Waals surface area contributed by atoms with Crippen LogP contribution in [0.5, 0.6) is 0 Å². The molecule has 0 aliphatic rings. The molecule has 1 atom stereocenters. The Labute approximate surface area is 197 Å². The van der Waals surface area contributed by atoms with Gasteiger partial charge in [0.1, 0.15) is 0 Å². The molecule has 0 bridgehead atoms. The second-order valence-corrected chi connectivity index (χ2v) is 9.39. The summed E-state index contributed by atoms with van der Waals surface area (Å²) in [6.07, 6.45) is 5.43. The van der Waals surface area contributed by atoms with Crippen LogP contribution >= 0.6 is 0 Å². The summed E-state index contributed by atoms with van der Waals surface area (Å²) < 4.78 is 0. The van der Waals surface area contributed by atoms with Crippen molar-refractivity contribution in [3.8, 4) is 11.3 Å². The molecule has 0 radical (unpaired) electrons. The molecule has 1 aromatic heterocycles. The average molecular weight is 432 g/mol. The van der Waals surface area contributed by atoms with Crippen LogP contribution in [-0.2, 0) is 5.41 Å². The van der Waals surface area contributed by atoms with Gasteiger partial charge in [-0.25, -0.2) is 0 Å². The second kappa shape index (κ2) is 8.63. The zero-order valence-corrected chi connectivity index (χ0v) is 20.2. The number of hydrogen-bond acceptors (Lipinski definition) is 1. The summed E-state index contributed by atoms with van der Waals surface area (Å²) in [5.41, 5.74) is 3.98. The minimum Gasteiger partial charge on any atom is -0.256 e. The second-order valence-electron chi connectivity index (χ2n) is 9.39. The Morgan fingerprint density at radius 1 is 0.667 bits per heavy atom. The Morgan fingerprint density at radius 2 is 1.18 bits per heavy atom. The molecule has 33 heavy (non-hydrogen) atoms. The van der Waals surface area contributed by atoms with Crippen LogP contribution in [0.25, 0.3) is 43.6 Å². The predicted molar refractivity (Wildman–Crippen MR) is 144 cm³/mol. The van der Waals surface area contributed by atoms with E-state index < -0.39 is 0 Å². The van der Waals surface area contributed by atoms with Gasteiger partial charge in [0, 0.05) is 17.1 Å². The molecule has 0 aliphatic carbocycles. The van der Waals surface area contributed by atoms with Crippen LogP contribution in [0.1, 0.15) is 52.5 Å². The highest BCUT2D eigenvalue weighted by Gasteiger charge is 2.36. The highest BCUT2D eigenvalue weighted by molar-refractivity contribution is 6.27. The monoisotopic (exact) mass is 431 g/mol. The molecule has 5 aromatic rings. The molecule has 1 unspecified atom stereocenters. The van der Waals surface area contributed by atoms with Gasteiger partial charge in [-0.05, 0) is 62.7 Å². The van der Waals surface area contributed by atoms with Gasteiger partial charge in [0.05, 0.1) is 5.69 Å². The van der Waals surface area contributed by atoms with Crippen LogP contribution < -0.4 is 0 Å². The molecule has 4 aromatic carbocycles. The van der Waals surface area contributed by atoms with E-state index in [1.807, 2.05) is 6.20 Å². The predicted octanol–water partition coefficient (Wildman–Crippen LogP) is 9.31. The van der Waals surface area contributed by atoms with Gasteiger partial charge < -0.3 is 0 Å². The zero-order chi connectivity index (χ0) is 23.0. The maximum absolute atomic E-state index is 5.06. The van der Waals surface area contributed by atoms with Crippen molar-refractivity contribution in [1.29, 1.82) is 0 Å². The van der Waals surface area contributed by atoms with Crippen LogP contribution in [0.15, 0.2) is 85.1 Å². The first-order chi connectivity index (χ1) is 16.2. The Balaban J connectivity index is 1.93. The molecular formula is C32H33N. The third-order valence-corrected chi connectivity index (χ3v) is 8.19. The van der Waals surface area contributed by atoms with E-state index in [1.165, 1.54) is 49.9 Å². The fraction of sp³-hybridized carbons (Fsp3) is 0.281. The van der Waals surface area contributed by atoms with Crippen molar-refractivity contribution < 1.29 is 0 Å². The first-order valence-corrected chi connectivity index (χ1v) is 12.4. The minimum absolute atomic E-state index is 0.141. The number of aromatic nitrogens is 1. The molecule has 166 valence electrons. The van der Waals surface area contributed by atoms with Crippen LogP contribution in [0.2, 0.25) is 0 Å². The fourth-order valence-corrected chi connectivity index (χ4v) is 6.16. The van der Waals surface area contributed by atoms with E-state index in [9.17, 15) is 0 Å². The van der Waals surface area contributed by atoms with Gasteiger partial charge in [0.2, 0.25) is 0 Å². The maximum atomic E-state index is 5.06. The SMILES string of the molecule is CCC(C)C(CC)(CC)c1ccccc1-c1nccc2c3ccccc3c3ccccc3c12. The van der Waals surface area contributed by atoms with Crippen LogP contribution in [0, 0.1) is 5.92 Å². The molecule has 0 amide bonds. The van der Waals surface area contributed by atoms with Crippen molar-refractivity contribution >= 4 is 32.3 Å². The smallest absolute Gasteiger partial charge is 0.0789 e. The molecule has 0 saturated carbocycles. The Morgan fingerprint density at radius 3 is 1.79 bits per heavy atom. The molecular weight excluding hydrogens is 398 g/mol. The minimum atomic E-state index is 0.141. The summed E-state index contributed by atoms with van der Waals surface area (Å²) in [5, 5.41) is 7.74. The van der Waals surface area contributed by atoms with Crippen molar-refractivity contribution in [3.05, 3.63) is 90.6 Å². The van der Waals surface area contributed by atoms with Crippen molar-refractivity contribution in [2.75, 3.05) is 0 Å². The molecule has 0 saturated heterocycles. The van der Waals surface area contributed by atoms with Gasteiger partial charge in [-0.15, -0.1) is 0 Å². The largest absolute Gasteiger partial charge is 0.256 e. The fourth-order valence-electron chi connectivity index (χ4n) is 6.16. The Kier molecular flexibility index (Phi) is 5.66. The normalized spacial score (nSPS) is 13.1. The van der Waals surface area contributed by atoms with E-state index in [0.29, 0.717) is 5.92 Å². The van der Waals surface area contributed by atoms with Gasteiger partial charge in [-0.3, -0.25) is 4.98 Å². The van der Waals surface area contributed by atoms with Crippen molar-refractivity contribution in [2.45, 2.75) is 52.4 Å². The zero-order valence-electron chi connectivity index (χ0n) is 20.2. The highest BCUT2D eigenvalue weighted by atomic mass is 14.7. The first-order valence-electron chi connectivity index (χ1n) is 12.4. The molecule has 1 nitrogen and oxygen atoms in total. The summed E-state index contributed by atoms with van der Waals surface area (Å²) in [4.78, 5) is 5.06. The number of nitrogens with zero attached hydrogens (tertiary/aromatic N) is 1. The summed E-state index contributed by atoms with van der Waals surface area (Å²) in [5.74, 6) is 0.598. The van der Waals surface area contributed by atoms with Crippen molar-refractivity contribution in [1.82, 2.24) is 4.98 Å². The van der Waals surface area contributed by atoms with Gasteiger partial charge >= 0.3 is 0 Å². The lowest BCUT2D eigenvalue weighted by atomic mass is 9.65. The van der Waals surface area contributed by atoms with Gasteiger partial charge in [0.25, 0.3) is 0 Å². The summed E-state index contributed by atoms with van der Waals surface area (Å²) >= 11 is 0. The number of pyridine rings is 1. The van der Waals surface area contributed by atoms with Gasteiger partial charge in [0.15, 0.2) is 0 Å². The lowest BCUT2D eigenvalue weighted by molar-refractivity contribution is 0.258. The lowest BCUT2D eigenvalue weighted by Crippen LogP contribution is -2.33. The maximum Gasteiger partial charge on any atom is 0.0789 e. The van der Waals surface area contributed by atoms with Gasteiger partial charge in [-0.2, -0.15) is 0 Å². The van der Waals surface area contributed by atoms with Crippen LogP contribution in [-0.4, -0.2) is 4.98 Å². The number of fused-ring (bicyclic) bond motifs is 6. The topological polar surface area (TPSA) is 12.9 Å². The van der Waals surface area contributed by atoms with E-state index in [1.54, 1.807) is 0 Å². The van der Waals surface area contributed by atoms with Crippen LogP contribution in [0.3, 0.4) is 0 Å². The van der Waals surface area contributed by atoms with Crippen LogP contribution in [0.4, 0.5) is 0 Å². The Hall–Kier alpha value is -3.19. The van der Waals surface area contributed by atoms with E-state index in [4.69, 9.17) is 4.98 Å². The third-order valence-electron chi connectivity index (χ3n) is 8.19. The number of benzene rings is 4. The number of rotatable bonds is 6. The molecule has 0 N–H and O–H groups in total. The van der Waals surface area contributed by atoms with E-state index in [-0.39, 0.29) is 5.41 Å². The standard InChI is InChI=1S/C32H33N/c1-5-22(4)32(6-2,7-3)29-19-13-12-18-28(29)31-30-26-17-11-10-15-24(26)23-14-8-9-16-25(23)27(30)20-21-33-31/h8-22H,5-7H2,1-4H3. The van der Waals surface area contributed by atoms with Gasteiger partial charge in [-0.1, -0.05) is 107 Å². The van der Waals surface area contributed by atoms with E-state index >= 15 is 0 Å². The molecule has 5 rings (SSSR count). The quantitative estimate of drug-likeness (QED) is 0.244. The summed E-state index contributed by atoms with van der Waals surface area (Å²) in [6.45, 7) is 9.45. The van der Waals surface area contributed by atoms with Crippen molar-refractivity contribution in [3.63, 3.8) is 0 Å². The molecule has 0 spiro atoms. The molecule has 1 heteroatoms. The number of hydrogen-bond donors (Lipinski definition) is 0. The summed E-state index contributed by atoms with van der Waals surface area (Å²) in [7, 11) is 0. The van der Waals surface area contributed by atoms with E-state index in [2.05, 4.69) is 107 Å². The summed E-state index contributed by atoms with van der Waals surface area (Å²) in [6, 6.07) is 28.8. The third kappa shape index (κ3) is 3.25. The average Bonchev–Trinajstić information content (AvgIpc) is 2.89. The first kappa shape index (κ1) is 21.6. The molecule has 0 fully saturated rings. The Bertz CT molecular complexity index is 1400.